The van der Waals surface area contributed by atoms with Crippen LogP contribution in [0.15, 0.2) is 10.5 Å². The number of β-lactam (4-membered cyclic amide) rings is 1. The summed E-state index contributed by atoms with van der Waals surface area (Å²) < 4.78 is 0. The first kappa shape index (κ1) is 21.9. The Hall–Kier alpha value is -3.27. The molecule has 4 N–H and O–H groups in total. The molecule has 4 heterocycles. The second-order valence-corrected chi connectivity index (χ2v) is 9.26. The van der Waals surface area contributed by atoms with Crippen LogP contribution in [-0.2, 0) is 25.8 Å². The highest BCUT2D eigenvalue weighted by atomic mass is 32.2. The predicted octanol–water partition coefficient (Wildman–Crippen LogP) is -1.46. The Bertz CT molecular complexity index is 1100. The summed E-state index contributed by atoms with van der Waals surface area (Å²) in [4.78, 5) is 49.0. The summed E-state index contributed by atoms with van der Waals surface area (Å²) >= 11 is 2.41. The van der Waals surface area contributed by atoms with Crippen LogP contribution in [0.5, 0.6) is 0 Å². The molecular weight excluding hydrogens is 462 g/mol. The lowest BCUT2D eigenvalue weighted by atomic mass is 9.87. The number of nitrogens with one attached hydrogen (secondary N) is 1. The number of fused-ring (bicyclic) bond motifs is 1. The van der Waals surface area contributed by atoms with Gasteiger partial charge >= 0.3 is 5.97 Å². The number of anilines is 1. The predicted molar refractivity (Wildman–Crippen MR) is 113 cm³/mol. The summed E-state index contributed by atoms with van der Waals surface area (Å²) in [6, 6.07) is -0.830. The van der Waals surface area contributed by atoms with E-state index in [1.54, 1.807) is 12.3 Å². The van der Waals surface area contributed by atoms with Crippen molar-refractivity contribution in [1.82, 2.24) is 35.4 Å². The summed E-state index contributed by atoms with van der Waals surface area (Å²) in [6.07, 6.45) is 0. The number of nitrogens with zero attached hydrogens (tertiary/aromatic N) is 7. The Balaban J connectivity index is 1.46. The zero-order chi connectivity index (χ0) is 23.0. The Morgan fingerprint density at radius 2 is 2.28 bits per heavy atom. The van der Waals surface area contributed by atoms with Gasteiger partial charge < -0.3 is 25.9 Å². The van der Waals surface area contributed by atoms with Crippen molar-refractivity contribution in [2.75, 3.05) is 25.1 Å². The van der Waals surface area contributed by atoms with Crippen LogP contribution in [0.1, 0.15) is 11.5 Å². The number of tetrazole rings is 1. The summed E-state index contributed by atoms with van der Waals surface area (Å²) in [6.45, 7) is 1.59. The number of carboxylic acids is 1. The Kier molecular flexibility index (Phi) is 5.72. The third kappa shape index (κ3) is 3.86. The van der Waals surface area contributed by atoms with Crippen molar-refractivity contribution in [1.29, 1.82) is 0 Å². The average molecular weight is 482 g/mol. The number of nitrogen functional groups attached to an aromatic ring is 1. The zero-order valence-corrected chi connectivity index (χ0v) is 18.6. The van der Waals surface area contributed by atoms with Crippen LogP contribution in [0.3, 0.4) is 0 Å². The largest absolute Gasteiger partial charge is 0.481 e. The molecule has 0 aromatic carbocycles. The molecule has 0 saturated carbocycles. The SMILES string of the molecule is CON=C(C(=O)N[C@@H]1C(=O)N2CC(Cn3nnc(C)n3)(C(=O)O)CS[C@H]12)c1csc(N)n1. The number of rotatable bonds is 7. The fourth-order valence-corrected chi connectivity index (χ4v) is 5.56. The number of carbonyl (C=O) groups excluding carboxylic acids is 2. The highest BCUT2D eigenvalue weighted by Crippen LogP contribution is 2.43. The summed E-state index contributed by atoms with van der Waals surface area (Å²) in [7, 11) is 1.28. The van der Waals surface area contributed by atoms with E-state index in [0.717, 1.165) is 11.3 Å². The Morgan fingerprint density at radius 1 is 1.50 bits per heavy atom. The summed E-state index contributed by atoms with van der Waals surface area (Å²) in [5.41, 5.74) is 4.46. The standard InChI is InChI=1S/C16H19N9O5S2/c1-7-20-23-25(21-7)5-16(14(28)29)4-24-12(27)10(13(24)32-6-16)19-11(26)9(22-30-2)8-3-31-15(17)18-8/h3,10,13H,4-6H2,1-2H3,(H2,17,18)(H,19,26)(H,28,29)/t10-,13-,16?/m1/s1. The van der Waals surface area contributed by atoms with E-state index in [1.165, 1.54) is 28.6 Å². The number of amides is 2. The second-order valence-electron chi connectivity index (χ2n) is 7.26. The van der Waals surface area contributed by atoms with Gasteiger partial charge in [-0.1, -0.05) is 5.16 Å². The van der Waals surface area contributed by atoms with Crippen LogP contribution in [0.25, 0.3) is 0 Å². The van der Waals surface area contributed by atoms with Crippen molar-refractivity contribution in [3.05, 3.63) is 16.9 Å². The molecule has 2 aliphatic rings. The first-order valence-corrected chi connectivity index (χ1v) is 11.2. The van der Waals surface area contributed by atoms with E-state index in [2.05, 4.69) is 30.9 Å². The van der Waals surface area contributed by atoms with E-state index in [-0.39, 0.29) is 35.4 Å². The lowest BCUT2D eigenvalue weighted by Gasteiger charge is -2.53. The number of aliphatic carboxylic acids is 1. The number of hydrogen-bond donors (Lipinski definition) is 3. The first-order valence-electron chi connectivity index (χ1n) is 9.27. The molecule has 0 radical (unpaired) electrons. The van der Waals surface area contributed by atoms with Gasteiger partial charge in [0.05, 0.1) is 6.54 Å². The quantitative estimate of drug-likeness (QED) is 0.238. The van der Waals surface area contributed by atoms with Crippen LogP contribution in [0.2, 0.25) is 0 Å². The second kappa shape index (κ2) is 8.34. The van der Waals surface area contributed by atoms with Crippen LogP contribution < -0.4 is 11.1 Å². The molecule has 2 aliphatic heterocycles. The lowest BCUT2D eigenvalue weighted by molar-refractivity contribution is -0.159. The molecule has 170 valence electrons. The molecule has 2 fully saturated rings. The van der Waals surface area contributed by atoms with Gasteiger partial charge in [-0.15, -0.1) is 33.3 Å². The number of aromatic nitrogens is 5. The van der Waals surface area contributed by atoms with Gasteiger partial charge in [-0.2, -0.15) is 4.80 Å². The minimum atomic E-state index is -1.28. The molecule has 4 rings (SSSR count). The van der Waals surface area contributed by atoms with Crippen LogP contribution in [-0.4, -0.2) is 89.5 Å². The molecule has 3 atom stereocenters. The van der Waals surface area contributed by atoms with E-state index < -0.39 is 34.6 Å². The molecule has 1 unspecified atom stereocenters. The molecule has 14 nitrogen and oxygen atoms in total. The van der Waals surface area contributed by atoms with Crippen LogP contribution >= 0.6 is 23.1 Å². The minimum Gasteiger partial charge on any atom is -0.481 e. The third-order valence-electron chi connectivity index (χ3n) is 5.04. The molecule has 2 amide bonds. The Labute approximate surface area is 189 Å². The van der Waals surface area contributed by atoms with Crippen LogP contribution in [0, 0.1) is 12.3 Å². The molecular formula is C16H19N9O5S2. The van der Waals surface area contributed by atoms with Gasteiger partial charge in [0, 0.05) is 17.7 Å². The molecule has 0 aliphatic carbocycles. The fraction of sp³-hybridized carbons (Fsp3) is 0.500. The number of carbonyl (C=O) groups is 3. The van der Waals surface area contributed by atoms with Gasteiger partial charge in [-0.3, -0.25) is 14.4 Å². The van der Waals surface area contributed by atoms with Crippen molar-refractivity contribution in [3.8, 4) is 0 Å². The zero-order valence-electron chi connectivity index (χ0n) is 17.0. The van der Waals surface area contributed by atoms with Gasteiger partial charge in [0.1, 0.15) is 29.6 Å². The van der Waals surface area contributed by atoms with Crippen molar-refractivity contribution in [2.45, 2.75) is 24.9 Å². The van der Waals surface area contributed by atoms with Crippen molar-refractivity contribution in [2.24, 2.45) is 10.6 Å². The van der Waals surface area contributed by atoms with Crippen molar-refractivity contribution >= 4 is 51.7 Å². The molecule has 2 aromatic heterocycles. The molecule has 2 saturated heterocycles. The van der Waals surface area contributed by atoms with Gasteiger partial charge in [-0.05, 0) is 12.1 Å². The number of hydrogen-bond acceptors (Lipinski definition) is 12. The summed E-state index contributed by atoms with van der Waals surface area (Å²) in [5.74, 6) is -1.48. The maximum atomic E-state index is 12.8. The average Bonchev–Trinajstić information content (AvgIpc) is 3.37. The van der Waals surface area contributed by atoms with Gasteiger partial charge in [-0.25, -0.2) is 4.98 Å². The fourth-order valence-electron chi connectivity index (χ4n) is 3.48. The number of oxime groups is 1. The minimum absolute atomic E-state index is 0.0282. The number of aryl methyl sites for hydroxylation is 1. The van der Waals surface area contributed by atoms with E-state index in [1.807, 2.05) is 0 Å². The summed E-state index contributed by atoms with van der Waals surface area (Å²) in [5, 5.41) is 29.3. The first-order chi connectivity index (χ1) is 15.2. The number of thioether (sulfide) groups is 1. The maximum absolute atomic E-state index is 12.8. The van der Waals surface area contributed by atoms with Gasteiger partial charge in [0.25, 0.3) is 5.91 Å². The normalized spacial score (nSPS) is 25.1. The van der Waals surface area contributed by atoms with E-state index >= 15 is 0 Å². The molecule has 0 bridgehead atoms. The van der Waals surface area contributed by atoms with Crippen molar-refractivity contribution in [3.63, 3.8) is 0 Å². The molecule has 2 aromatic rings. The smallest absolute Gasteiger partial charge is 0.314 e. The molecule has 16 heteroatoms. The lowest BCUT2D eigenvalue weighted by Crippen LogP contribution is -2.74. The van der Waals surface area contributed by atoms with E-state index in [4.69, 9.17) is 10.6 Å². The van der Waals surface area contributed by atoms with E-state index in [0.29, 0.717) is 5.82 Å². The highest BCUT2D eigenvalue weighted by Gasteiger charge is 2.58. The van der Waals surface area contributed by atoms with Gasteiger partial charge in [0.2, 0.25) is 5.91 Å². The van der Waals surface area contributed by atoms with Gasteiger partial charge in [0.15, 0.2) is 16.7 Å². The topological polar surface area (TPSA) is 191 Å². The van der Waals surface area contributed by atoms with E-state index in [9.17, 15) is 19.5 Å². The number of nitrogens with two attached hydrogens (primary N) is 1. The number of carboxylic acid groups (broad SMARTS) is 1. The molecule has 0 spiro atoms. The highest BCUT2D eigenvalue weighted by molar-refractivity contribution is 8.00. The number of thiazole rings is 1. The van der Waals surface area contributed by atoms with Crippen molar-refractivity contribution < 1.29 is 24.3 Å². The monoisotopic (exact) mass is 481 g/mol. The van der Waals surface area contributed by atoms with Crippen LogP contribution in [0.4, 0.5) is 5.13 Å². The Morgan fingerprint density at radius 3 is 2.88 bits per heavy atom. The maximum Gasteiger partial charge on any atom is 0.314 e. The third-order valence-corrected chi connectivity index (χ3v) is 7.31. The molecule has 32 heavy (non-hydrogen) atoms.